The van der Waals surface area contributed by atoms with Gasteiger partial charge in [-0.3, -0.25) is 0 Å². The van der Waals surface area contributed by atoms with Crippen molar-refractivity contribution in [3.63, 3.8) is 0 Å². The normalized spacial score (nSPS) is 12.1. The Hall–Kier alpha value is -0.930. The Balaban J connectivity index is 2.97. The van der Waals surface area contributed by atoms with Gasteiger partial charge in [-0.25, -0.2) is 4.79 Å². The van der Waals surface area contributed by atoms with Crippen molar-refractivity contribution >= 4 is 29.3 Å². The summed E-state index contributed by atoms with van der Waals surface area (Å²) in [7, 11) is 0. The van der Waals surface area contributed by atoms with Gasteiger partial charge >= 0.3 is 5.97 Å². The molecule has 0 spiro atoms. The van der Waals surface area contributed by atoms with Crippen molar-refractivity contribution in [1.82, 2.24) is 0 Å². The van der Waals surface area contributed by atoms with Gasteiger partial charge in [0.1, 0.15) is 0 Å². The SMILES string of the molecule is C=CC(C)Sc1ccc(Cl)c(C(=O)O)c1. The fourth-order valence-electron chi connectivity index (χ4n) is 1.00. The fraction of sp³-hybridized carbons (Fsp3) is 0.182. The van der Waals surface area contributed by atoms with Gasteiger partial charge < -0.3 is 5.11 Å². The van der Waals surface area contributed by atoms with Crippen LogP contribution >= 0.6 is 23.4 Å². The third kappa shape index (κ3) is 3.29. The first kappa shape index (κ1) is 12.1. The highest BCUT2D eigenvalue weighted by Gasteiger charge is 2.10. The predicted molar refractivity (Wildman–Crippen MR) is 63.9 cm³/mol. The molecule has 1 unspecified atom stereocenters. The summed E-state index contributed by atoms with van der Waals surface area (Å²) in [5.74, 6) is -1.01. The lowest BCUT2D eigenvalue weighted by molar-refractivity contribution is 0.0697. The van der Waals surface area contributed by atoms with E-state index in [1.165, 1.54) is 0 Å². The average molecular weight is 243 g/mol. The Bertz CT molecular complexity index is 390. The van der Waals surface area contributed by atoms with Crippen molar-refractivity contribution in [3.05, 3.63) is 41.4 Å². The van der Waals surface area contributed by atoms with Gasteiger partial charge in [-0.05, 0) is 25.1 Å². The quantitative estimate of drug-likeness (QED) is 0.646. The number of carboxylic acid groups (broad SMARTS) is 1. The maximum Gasteiger partial charge on any atom is 0.337 e. The minimum absolute atomic E-state index is 0.137. The van der Waals surface area contributed by atoms with Crippen molar-refractivity contribution in [2.24, 2.45) is 0 Å². The summed E-state index contributed by atoms with van der Waals surface area (Å²) < 4.78 is 0. The second-order valence-corrected chi connectivity index (χ2v) is 4.86. The van der Waals surface area contributed by atoms with E-state index >= 15 is 0 Å². The number of benzene rings is 1. The lowest BCUT2D eigenvalue weighted by atomic mass is 10.2. The molecule has 0 saturated carbocycles. The molecule has 1 aromatic rings. The lowest BCUT2D eigenvalue weighted by Gasteiger charge is -2.07. The molecule has 0 aliphatic rings. The van der Waals surface area contributed by atoms with Gasteiger partial charge in [-0.1, -0.05) is 17.7 Å². The lowest BCUT2D eigenvalue weighted by Crippen LogP contribution is -1.98. The van der Waals surface area contributed by atoms with E-state index in [0.29, 0.717) is 0 Å². The summed E-state index contributed by atoms with van der Waals surface area (Å²) in [4.78, 5) is 11.7. The molecular formula is C11H11ClO2S. The molecule has 0 amide bonds. The highest BCUT2D eigenvalue weighted by atomic mass is 35.5. The molecule has 1 rings (SSSR count). The van der Waals surface area contributed by atoms with Gasteiger partial charge in [0.25, 0.3) is 0 Å². The number of aromatic carboxylic acids is 1. The van der Waals surface area contributed by atoms with E-state index in [0.717, 1.165) is 4.90 Å². The van der Waals surface area contributed by atoms with Crippen LogP contribution in [0, 0.1) is 0 Å². The van der Waals surface area contributed by atoms with E-state index in [-0.39, 0.29) is 15.8 Å². The van der Waals surface area contributed by atoms with E-state index in [2.05, 4.69) is 6.58 Å². The third-order valence-corrected chi connectivity index (χ3v) is 3.24. The monoisotopic (exact) mass is 242 g/mol. The maximum absolute atomic E-state index is 10.8. The first-order valence-corrected chi connectivity index (χ1v) is 5.62. The number of hydrogen-bond acceptors (Lipinski definition) is 2. The molecule has 0 aliphatic carbocycles. The molecule has 0 radical (unpaired) electrons. The van der Waals surface area contributed by atoms with Crippen LogP contribution in [0.15, 0.2) is 35.7 Å². The average Bonchev–Trinajstić information content (AvgIpc) is 2.20. The van der Waals surface area contributed by atoms with Crippen LogP contribution in [0.25, 0.3) is 0 Å². The first-order chi connectivity index (χ1) is 7.04. The Labute approximate surface area is 97.9 Å². The zero-order valence-corrected chi connectivity index (χ0v) is 9.81. The molecule has 80 valence electrons. The zero-order chi connectivity index (χ0) is 11.4. The highest BCUT2D eigenvalue weighted by molar-refractivity contribution is 8.00. The number of hydrogen-bond donors (Lipinski definition) is 1. The molecule has 0 fully saturated rings. The van der Waals surface area contributed by atoms with Gasteiger partial charge in [0.05, 0.1) is 10.6 Å². The Morgan fingerprint density at radius 1 is 1.67 bits per heavy atom. The summed E-state index contributed by atoms with van der Waals surface area (Å²) in [6.45, 7) is 5.66. The smallest absolute Gasteiger partial charge is 0.337 e. The van der Waals surface area contributed by atoms with Gasteiger partial charge in [0.2, 0.25) is 0 Å². The van der Waals surface area contributed by atoms with E-state index in [9.17, 15) is 4.79 Å². The van der Waals surface area contributed by atoms with Crippen molar-refractivity contribution < 1.29 is 9.90 Å². The highest BCUT2D eigenvalue weighted by Crippen LogP contribution is 2.27. The van der Waals surface area contributed by atoms with Crippen molar-refractivity contribution in [2.45, 2.75) is 17.1 Å². The molecule has 2 nitrogen and oxygen atoms in total. The summed E-state index contributed by atoms with van der Waals surface area (Å²) in [5.41, 5.74) is 0.137. The molecule has 0 aromatic heterocycles. The summed E-state index contributed by atoms with van der Waals surface area (Å²) in [6, 6.07) is 4.98. The standard InChI is InChI=1S/C11H11ClO2S/c1-3-7(2)15-8-4-5-10(12)9(6-8)11(13)14/h3-7H,1H2,2H3,(H,13,14). The minimum Gasteiger partial charge on any atom is -0.478 e. The van der Waals surface area contributed by atoms with E-state index in [4.69, 9.17) is 16.7 Å². The van der Waals surface area contributed by atoms with Crippen molar-refractivity contribution in [3.8, 4) is 0 Å². The molecular weight excluding hydrogens is 232 g/mol. The van der Waals surface area contributed by atoms with Crippen LogP contribution < -0.4 is 0 Å². The first-order valence-electron chi connectivity index (χ1n) is 4.36. The number of halogens is 1. The second kappa shape index (κ2) is 5.24. The number of rotatable bonds is 4. The topological polar surface area (TPSA) is 37.3 Å². The molecule has 0 saturated heterocycles. The van der Waals surface area contributed by atoms with Crippen LogP contribution in [0.4, 0.5) is 0 Å². The minimum atomic E-state index is -1.01. The number of carboxylic acids is 1. The van der Waals surface area contributed by atoms with Crippen molar-refractivity contribution in [1.29, 1.82) is 0 Å². The van der Waals surface area contributed by atoms with Crippen LogP contribution in [0.3, 0.4) is 0 Å². The molecule has 0 aliphatic heterocycles. The van der Waals surface area contributed by atoms with Crippen LogP contribution in [0.2, 0.25) is 5.02 Å². The second-order valence-electron chi connectivity index (χ2n) is 3.01. The van der Waals surface area contributed by atoms with Crippen LogP contribution in [0.5, 0.6) is 0 Å². The van der Waals surface area contributed by atoms with Gasteiger partial charge in [-0.2, -0.15) is 0 Å². The zero-order valence-electron chi connectivity index (χ0n) is 8.24. The molecule has 4 heteroatoms. The molecule has 1 N–H and O–H groups in total. The summed E-state index contributed by atoms with van der Waals surface area (Å²) in [6.07, 6.45) is 1.81. The van der Waals surface area contributed by atoms with Gasteiger partial charge in [-0.15, -0.1) is 18.3 Å². The van der Waals surface area contributed by atoms with Crippen molar-refractivity contribution in [2.75, 3.05) is 0 Å². The Morgan fingerprint density at radius 3 is 2.87 bits per heavy atom. The van der Waals surface area contributed by atoms with E-state index in [1.54, 1.807) is 36.0 Å². The Morgan fingerprint density at radius 2 is 2.33 bits per heavy atom. The van der Waals surface area contributed by atoms with E-state index in [1.807, 2.05) is 6.92 Å². The van der Waals surface area contributed by atoms with Crippen LogP contribution in [-0.2, 0) is 0 Å². The van der Waals surface area contributed by atoms with Gasteiger partial charge in [0, 0.05) is 10.1 Å². The number of carbonyl (C=O) groups is 1. The number of thioether (sulfide) groups is 1. The van der Waals surface area contributed by atoms with Gasteiger partial charge in [0.15, 0.2) is 0 Å². The predicted octanol–water partition coefficient (Wildman–Crippen LogP) is 3.70. The molecule has 1 atom stereocenters. The largest absolute Gasteiger partial charge is 0.478 e. The third-order valence-electron chi connectivity index (χ3n) is 1.82. The fourth-order valence-corrected chi connectivity index (χ4v) is 2.06. The summed E-state index contributed by atoms with van der Waals surface area (Å²) >= 11 is 7.30. The summed E-state index contributed by atoms with van der Waals surface area (Å²) in [5, 5.41) is 9.37. The Kier molecular flexibility index (Phi) is 4.24. The van der Waals surface area contributed by atoms with Crippen LogP contribution in [0.1, 0.15) is 17.3 Å². The maximum atomic E-state index is 10.8. The van der Waals surface area contributed by atoms with E-state index < -0.39 is 5.97 Å². The molecule has 1 aromatic carbocycles. The van der Waals surface area contributed by atoms with Crippen LogP contribution in [-0.4, -0.2) is 16.3 Å². The molecule has 15 heavy (non-hydrogen) atoms. The molecule has 0 bridgehead atoms. The molecule has 0 heterocycles.